The number of nitrogens with one attached hydrogen (secondary N) is 6. The fraction of sp³-hybridized carbons (Fsp3) is 0.867. The Kier molecular flexibility index (Phi) is 22.4. The van der Waals surface area contributed by atoms with E-state index in [9.17, 15) is 19.2 Å². The summed E-state index contributed by atoms with van der Waals surface area (Å²) in [5.74, 6) is 0.629. The van der Waals surface area contributed by atoms with Crippen LogP contribution in [0.1, 0.15) is 91.9 Å². The molecular formula is C30H64N6O7Si2. The Balaban J connectivity index is 4.21. The van der Waals surface area contributed by atoms with Gasteiger partial charge in [-0.1, -0.05) is 46.5 Å². The molecule has 0 heterocycles. The first-order valence-electron chi connectivity index (χ1n) is 16.7. The summed E-state index contributed by atoms with van der Waals surface area (Å²) in [6.07, 6.45) is 7.83. The molecule has 45 heavy (non-hydrogen) atoms. The van der Waals surface area contributed by atoms with E-state index >= 15 is 0 Å². The lowest BCUT2D eigenvalue weighted by molar-refractivity contribution is 0.150. The monoisotopic (exact) mass is 676 g/mol. The van der Waals surface area contributed by atoms with Crippen LogP contribution in [0.25, 0.3) is 0 Å². The van der Waals surface area contributed by atoms with Crippen LogP contribution >= 0.6 is 0 Å². The van der Waals surface area contributed by atoms with Gasteiger partial charge in [0.2, 0.25) is 16.6 Å². The first-order valence-corrected chi connectivity index (χ1v) is 22.9. The van der Waals surface area contributed by atoms with Crippen molar-refractivity contribution in [2.45, 2.75) is 130 Å². The molecule has 0 fully saturated rings. The zero-order valence-electron chi connectivity index (χ0n) is 29.5. The predicted octanol–water partition coefficient (Wildman–Crippen LogP) is 5.46. The number of hydrogen-bond donors (Lipinski definition) is 6. The van der Waals surface area contributed by atoms with Crippen LogP contribution in [0, 0.1) is 5.92 Å². The third-order valence-corrected chi connectivity index (χ3v) is 12.9. The molecule has 13 nitrogen and oxygen atoms in total. The minimum absolute atomic E-state index is 0.117. The van der Waals surface area contributed by atoms with Gasteiger partial charge in [-0.05, 0) is 77.6 Å². The standard InChI is InChI=1S/C30H64N6O7Si2/c1-10-11-14-17-26(35-27(37)31-5)36-30(40)42-23-45(8,9)43-44(6,7)22-41-29(39)33-21-16-13-12-15-20-32-28(38)34-25(4)19-18-24(2)3/h24-26H,10-23H2,1-9H3,(H,33,39)(H,36,40)(H2,31,35,37)(H2,32,34,38). The van der Waals surface area contributed by atoms with E-state index in [0.717, 1.165) is 57.8 Å². The van der Waals surface area contributed by atoms with Crippen molar-refractivity contribution in [1.29, 1.82) is 0 Å². The largest absolute Gasteiger partial charge is 0.451 e. The van der Waals surface area contributed by atoms with Gasteiger partial charge >= 0.3 is 24.2 Å². The summed E-state index contributed by atoms with van der Waals surface area (Å²) in [5, 5.41) is 16.6. The summed E-state index contributed by atoms with van der Waals surface area (Å²) in [6, 6.07) is -0.328. The lowest BCUT2D eigenvalue weighted by atomic mass is 10.0. The summed E-state index contributed by atoms with van der Waals surface area (Å²) in [6.45, 7) is 17.4. The first kappa shape index (κ1) is 42.5. The van der Waals surface area contributed by atoms with E-state index in [1.807, 2.05) is 33.1 Å². The summed E-state index contributed by atoms with van der Waals surface area (Å²) >= 11 is 0. The van der Waals surface area contributed by atoms with Gasteiger partial charge in [-0.3, -0.25) is 0 Å². The summed E-state index contributed by atoms with van der Waals surface area (Å²) in [7, 11) is -3.30. The van der Waals surface area contributed by atoms with Gasteiger partial charge in [0.25, 0.3) is 0 Å². The Morgan fingerprint density at radius 1 is 0.644 bits per heavy atom. The number of carbonyl (C=O) groups is 4. The smallest absolute Gasteiger partial charge is 0.408 e. The zero-order valence-corrected chi connectivity index (χ0v) is 31.5. The van der Waals surface area contributed by atoms with E-state index in [-0.39, 0.29) is 30.6 Å². The Hall–Kier alpha value is -2.53. The fourth-order valence-electron chi connectivity index (χ4n) is 4.46. The fourth-order valence-corrected chi connectivity index (χ4v) is 11.9. The van der Waals surface area contributed by atoms with Crippen molar-refractivity contribution in [3.8, 4) is 0 Å². The molecule has 0 aromatic heterocycles. The van der Waals surface area contributed by atoms with E-state index in [4.69, 9.17) is 13.6 Å². The number of ether oxygens (including phenoxy) is 2. The summed E-state index contributed by atoms with van der Waals surface area (Å²) in [5.41, 5.74) is 0. The van der Waals surface area contributed by atoms with Crippen LogP contribution in [-0.4, -0.2) is 85.7 Å². The van der Waals surface area contributed by atoms with E-state index in [1.54, 1.807) is 0 Å². The molecule has 0 aliphatic rings. The maximum atomic E-state index is 12.5. The summed E-state index contributed by atoms with van der Waals surface area (Å²) in [4.78, 5) is 48.4. The molecule has 6 amide bonds. The van der Waals surface area contributed by atoms with Gasteiger partial charge in [0.1, 0.15) is 18.6 Å². The van der Waals surface area contributed by atoms with Crippen molar-refractivity contribution in [2.24, 2.45) is 5.92 Å². The highest BCUT2D eigenvalue weighted by Gasteiger charge is 2.36. The average Bonchev–Trinajstić information content (AvgIpc) is 2.94. The minimum atomic E-state index is -2.43. The highest BCUT2D eigenvalue weighted by Crippen LogP contribution is 2.16. The van der Waals surface area contributed by atoms with E-state index in [0.29, 0.717) is 25.4 Å². The van der Waals surface area contributed by atoms with Gasteiger partial charge < -0.3 is 45.5 Å². The second-order valence-electron chi connectivity index (χ2n) is 13.3. The highest BCUT2D eigenvalue weighted by molar-refractivity contribution is 6.84. The maximum Gasteiger partial charge on any atom is 0.408 e. The molecule has 15 heteroatoms. The van der Waals surface area contributed by atoms with Crippen molar-refractivity contribution < 1.29 is 32.8 Å². The van der Waals surface area contributed by atoms with Gasteiger partial charge in [0.15, 0.2) is 0 Å². The van der Waals surface area contributed by atoms with E-state index in [1.165, 1.54) is 7.05 Å². The lowest BCUT2D eigenvalue weighted by Gasteiger charge is -2.33. The molecule has 0 saturated carbocycles. The van der Waals surface area contributed by atoms with Gasteiger partial charge in [0.05, 0.1) is 0 Å². The molecule has 0 aromatic carbocycles. The number of amides is 6. The zero-order chi connectivity index (χ0) is 34.3. The van der Waals surface area contributed by atoms with E-state index < -0.39 is 35.0 Å². The van der Waals surface area contributed by atoms with Crippen molar-refractivity contribution in [1.82, 2.24) is 31.9 Å². The number of hydrogen-bond acceptors (Lipinski definition) is 7. The molecule has 0 radical (unpaired) electrons. The molecule has 0 aliphatic heterocycles. The lowest BCUT2D eigenvalue weighted by Crippen LogP contribution is -2.53. The Morgan fingerprint density at radius 3 is 1.78 bits per heavy atom. The van der Waals surface area contributed by atoms with Crippen LogP contribution in [0.15, 0.2) is 0 Å². The predicted molar refractivity (Wildman–Crippen MR) is 184 cm³/mol. The number of urea groups is 2. The van der Waals surface area contributed by atoms with Crippen LogP contribution in [0.5, 0.6) is 0 Å². The van der Waals surface area contributed by atoms with Crippen molar-refractivity contribution in [2.75, 3.05) is 32.6 Å². The second kappa shape index (κ2) is 23.8. The Morgan fingerprint density at radius 2 is 1.22 bits per heavy atom. The number of alkyl carbamates (subject to hydrolysis) is 2. The van der Waals surface area contributed by atoms with Crippen molar-refractivity contribution in [3.63, 3.8) is 0 Å². The van der Waals surface area contributed by atoms with Crippen LogP contribution < -0.4 is 31.9 Å². The molecule has 0 rings (SSSR count). The number of rotatable bonds is 23. The second-order valence-corrected chi connectivity index (χ2v) is 21.7. The molecule has 6 N–H and O–H groups in total. The maximum absolute atomic E-state index is 12.5. The SMILES string of the molecule is CCCCCC(NC(=O)NC)NC(=O)OC[Si](C)(C)O[Si](C)(C)COC(=O)NCCCCCCNC(=O)NC(C)CCC(C)C. The average molecular weight is 677 g/mol. The summed E-state index contributed by atoms with van der Waals surface area (Å²) < 4.78 is 17.3. The third kappa shape index (κ3) is 25.4. The van der Waals surface area contributed by atoms with Crippen LogP contribution in [0.3, 0.4) is 0 Å². The Labute approximate surface area is 274 Å². The van der Waals surface area contributed by atoms with Gasteiger partial charge in [-0.25, -0.2) is 19.2 Å². The van der Waals surface area contributed by atoms with Crippen LogP contribution in [-0.2, 0) is 13.6 Å². The normalized spacial score (nSPS) is 12.9. The highest BCUT2D eigenvalue weighted by atomic mass is 28.4. The van der Waals surface area contributed by atoms with Crippen molar-refractivity contribution >= 4 is 40.9 Å². The molecule has 0 aliphatic carbocycles. The molecular weight excluding hydrogens is 613 g/mol. The number of unbranched alkanes of at least 4 members (excludes halogenated alkanes) is 5. The molecule has 0 saturated heterocycles. The quantitative estimate of drug-likeness (QED) is 0.0474. The third-order valence-electron chi connectivity index (χ3n) is 6.79. The molecule has 2 atom stereocenters. The Bertz CT molecular complexity index is 865. The van der Waals surface area contributed by atoms with Crippen molar-refractivity contribution in [3.05, 3.63) is 0 Å². The van der Waals surface area contributed by atoms with Gasteiger partial charge in [-0.2, -0.15) is 0 Å². The molecule has 0 spiro atoms. The first-order chi connectivity index (χ1) is 21.1. The number of carbonyl (C=O) groups excluding carboxylic acids is 4. The van der Waals surface area contributed by atoms with Crippen LogP contribution in [0.2, 0.25) is 26.2 Å². The molecule has 2 unspecified atom stereocenters. The minimum Gasteiger partial charge on any atom is -0.451 e. The molecule has 264 valence electrons. The van der Waals surface area contributed by atoms with E-state index in [2.05, 4.69) is 52.7 Å². The van der Waals surface area contributed by atoms with Gasteiger partial charge in [0, 0.05) is 26.2 Å². The topological polar surface area (TPSA) is 168 Å². The molecule has 0 bridgehead atoms. The van der Waals surface area contributed by atoms with Gasteiger partial charge in [-0.15, -0.1) is 0 Å². The van der Waals surface area contributed by atoms with Crippen LogP contribution in [0.4, 0.5) is 19.2 Å². The molecule has 0 aromatic rings.